The molecule has 17 heavy (non-hydrogen) atoms. The molecule has 5 heteroatoms. The van der Waals surface area contributed by atoms with Crippen molar-refractivity contribution >= 4 is 22.2 Å². The van der Waals surface area contributed by atoms with Crippen LogP contribution < -0.4 is 0 Å². The summed E-state index contributed by atoms with van der Waals surface area (Å²) in [5, 5.41) is 0. The minimum Gasteiger partial charge on any atom is -0.343 e. The van der Waals surface area contributed by atoms with E-state index in [1.165, 1.54) is 6.07 Å². The lowest BCUT2D eigenvalue weighted by atomic mass is 10.0. The average Bonchev–Trinajstić information content (AvgIpc) is 2.89. The summed E-state index contributed by atoms with van der Waals surface area (Å²) in [6.07, 6.45) is 1.88. The molecule has 2 aliphatic rings. The summed E-state index contributed by atoms with van der Waals surface area (Å²) in [5.74, 6) is -1.28. The van der Waals surface area contributed by atoms with Gasteiger partial charge in [0.2, 0.25) is 0 Å². The van der Waals surface area contributed by atoms with Gasteiger partial charge in [-0.3, -0.25) is 4.79 Å². The number of rotatable bonds is 1. The minimum absolute atomic E-state index is 0.0316. The van der Waals surface area contributed by atoms with Gasteiger partial charge in [0.05, 0.1) is 18.8 Å². The molecule has 0 aromatic heterocycles. The monoisotopic (exact) mass is 300 g/mol. The third-order valence-corrected chi connectivity index (χ3v) is 4.13. The molecule has 1 aromatic carbocycles. The molecule has 3 rings (SSSR count). The van der Waals surface area contributed by atoms with Crippen LogP contribution in [0.15, 0.2) is 10.5 Å². The fraction of sp³-hybridized carbons (Fsp3) is 0.417. The summed E-state index contributed by atoms with van der Waals surface area (Å²) in [4.78, 5) is 10.9. The van der Waals surface area contributed by atoms with Crippen LogP contribution in [-0.4, -0.2) is 19.5 Å². The summed E-state index contributed by atoms with van der Waals surface area (Å²) in [7, 11) is 0. The van der Waals surface area contributed by atoms with Crippen LogP contribution in [0.2, 0.25) is 0 Å². The third kappa shape index (κ3) is 1.49. The van der Waals surface area contributed by atoms with E-state index in [1.54, 1.807) is 0 Å². The first kappa shape index (κ1) is 11.3. The largest absolute Gasteiger partial charge is 0.343 e. The summed E-state index contributed by atoms with van der Waals surface area (Å²) < 4.78 is 25.4. The van der Waals surface area contributed by atoms with E-state index in [4.69, 9.17) is 9.47 Å². The second-order valence-corrected chi connectivity index (χ2v) is 4.98. The van der Waals surface area contributed by atoms with Crippen molar-refractivity contribution in [1.29, 1.82) is 0 Å². The Kier molecular flexibility index (Phi) is 2.57. The van der Waals surface area contributed by atoms with E-state index in [2.05, 4.69) is 15.9 Å². The summed E-state index contributed by atoms with van der Waals surface area (Å²) in [5.41, 5.74) is 1.66. The molecule has 0 unspecified atom stereocenters. The Hall–Kier alpha value is -0.780. The number of carbonyl (C=O) groups excluding carboxylic acids is 1. The Morgan fingerprint density at radius 3 is 2.76 bits per heavy atom. The molecule has 1 aliphatic heterocycles. The summed E-state index contributed by atoms with van der Waals surface area (Å²) in [6, 6.07) is 1.41. The van der Waals surface area contributed by atoms with E-state index in [0.29, 0.717) is 36.8 Å². The van der Waals surface area contributed by atoms with E-state index >= 15 is 0 Å². The number of aldehydes is 1. The lowest BCUT2D eigenvalue weighted by Gasteiger charge is -2.24. The maximum atomic E-state index is 13.6. The van der Waals surface area contributed by atoms with E-state index in [1.807, 2.05) is 0 Å². The number of aryl methyl sites for hydroxylation is 1. The number of fused-ring (bicyclic) bond motifs is 2. The first-order valence-electron chi connectivity index (χ1n) is 5.42. The van der Waals surface area contributed by atoms with Crippen LogP contribution in [0.5, 0.6) is 0 Å². The molecule has 0 bridgehead atoms. The Bertz CT molecular complexity index is 495. The van der Waals surface area contributed by atoms with Gasteiger partial charge in [0, 0.05) is 16.5 Å². The van der Waals surface area contributed by atoms with Gasteiger partial charge in [-0.2, -0.15) is 0 Å². The van der Waals surface area contributed by atoms with Gasteiger partial charge in [0.25, 0.3) is 0 Å². The second-order valence-electron chi connectivity index (χ2n) is 4.19. The quantitative estimate of drug-likeness (QED) is 0.748. The maximum Gasteiger partial charge on any atom is 0.196 e. The van der Waals surface area contributed by atoms with Crippen LogP contribution in [0.3, 0.4) is 0 Å². The van der Waals surface area contributed by atoms with Crippen molar-refractivity contribution in [1.82, 2.24) is 0 Å². The van der Waals surface area contributed by atoms with E-state index < -0.39 is 11.6 Å². The molecule has 0 saturated carbocycles. The van der Waals surface area contributed by atoms with E-state index in [0.717, 1.165) is 11.1 Å². The van der Waals surface area contributed by atoms with Crippen LogP contribution in [0.4, 0.5) is 4.39 Å². The predicted molar refractivity (Wildman–Crippen MR) is 61.4 cm³/mol. The van der Waals surface area contributed by atoms with E-state index in [9.17, 15) is 9.18 Å². The van der Waals surface area contributed by atoms with Crippen LogP contribution in [0.1, 0.15) is 27.9 Å². The van der Waals surface area contributed by atoms with Gasteiger partial charge in [0.1, 0.15) is 5.82 Å². The van der Waals surface area contributed by atoms with Crippen molar-refractivity contribution in [3.8, 4) is 0 Å². The molecule has 1 saturated heterocycles. The SMILES string of the molecule is O=Cc1c(F)cc2c(c1Br)C1(CC2)OCCO1. The third-order valence-electron chi connectivity index (χ3n) is 3.31. The molecule has 1 fully saturated rings. The van der Waals surface area contributed by atoms with Crippen molar-refractivity contribution in [3.63, 3.8) is 0 Å². The lowest BCUT2D eigenvalue weighted by Crippen LogP contribution is -2.24. The highest BCUT2D eigenvalue weighted by molar-refractivity contribution is 9.10. The van der Waals surface area contributed by atoms with Gasteiger partial charge in [-0.05, 0) is 34.0 Å². The van der Waals surface area contributed by atoms with Crippen LogP contribution in [-0.2, 0) is 21.7 Å². The minimum atomic E-state index is -0.778. The van der Waals surface area contributed by atoms with Gasteiger partial charge < -0.3 is 9.47 Å². The Morgan fingerprint density at radius 2 is 2.12 bits per heavy atom. The molecule has 90 valence electrons. The molecule has 1 aliphatic carbocycles. The fourth-order valence-corrected chi connectivity index (χ4v) is 3.41. The fourth-order valence-electron chi connectivity index (χ4n) is 2.57. The van der Waals surface area contributed by atoms with Gasteiger partial charge in [-0.1, -0.05) is 0 Å². The molecule has 0 atom stereocenters. The number of halogens is 2. The average molecular weight is 301 g/mol. The Labute approximate surface area is 106 Å². The van der Waals surface area contributed by atoms with Gasteiger partial charge >= 0.3 is 0 Å². The molecular weight excluding hydrogens is 291 g/mol. The highest BCUT2D eigenvalue weighted by atomic mass is 79.9. The smallest absolute Gasteiger partial charge is 0.196 e. The number of carbonyl (C=O) groups is 1. The first-order chi connectivity index (χ1) is 8.18. The number of hydrogen-bond acceptors (Lipinski definition) is 3. The molecule has 3 nitrogen and oxygen atoms in total. The zero-order chi connectivity index (χ0) is 12.0. The first-order valence-corrected chi connectivity index (χ1v) is 6.22. The van der Waals surface area contributed by atoms with Crippen LogP contribution in [0.25, 0.3) is 0 Å². The number of hydrogen-bond donors (Lipinski definition) is 0. The van der Waals surface area contributed by atoms with Gasteiger partial charge in [-0.15, -0.1) is 0 Å². The van der Waals surface area contributed by atoms with E-state index in [-0.39, 0.29) is 5.56 Å². The van der Waals surface area contributed by atoms with Gasteiger partial charge in [0.15, 0.2) is 12.1 Å². The molecule has 1 spiro atoms. The Morgan fingerprint density at radius 1 is 1.41 bits per heavy atom. The van der Waals surface area contributed by atoms with Crippen molar-refractivity contribution in [3.05, 3.63) is 33.0 Å². The topological polar surface area (TPSA) is 35.5 Å². The molecule has 0 radical (unpaired) electrons. The molecule has 0 amide bonds. The summed E-state index contributed by atoms with van der Waals surface area (Å²) >= 11 is 3.30. The molecule has 1 aromatic rings. The van der Waals surface area contributed by atoms with Gasteiger partial charge in [-0.25, -0.2) is 4.39 Å². The zero-order valence-corrected chi connectivity index (χ0v) is 10.5. The van der Waals surface area contributed by atoms with Crippen molar-refractivity contribution in [2.75, 3.05) is 13.2 Å². The van der Waals surface area contributed by atoms with Crippen LogP contribution in [0, 0.1) is 5.82 Å². The predicted octanol–water partition coefficient (Wildman–Crippen LogP) is 2.55. The second kappa shape index (κ2) is 3.86. The molecule has 0 N–H and O–H groups in total. The normalized spacial score (nSPS) is 20.8. The van der Waals surface area contributed by atoms with Crippen LogP contribution >= 0.6 is 15.9 Å². The number of benzene rings is 1. The highest BCUT2D eigenvalue weighted by Gasteiger charge is 2.46. The van der Waals surface area contributed by atoms with Crippen molar-refractivity contribution in [2.24, 2.45) is 0 Å². The summed E-state index contributed by atoms with van der Waals surface area (Å²) in [6.45, 7) is 1.05. The molecular formula is C12H10BrFO3. The van der Waals surface area contributed by atoms with Crippen molar-refractivity contribution in [2.45, 2.75) is 18.6 Å². The molecule has 1 heterocycles. The number of ether oxygens (including phenoxy) is 2. The highest BCUT2D eigenvalue weighted by Crippen LogP contribution is 2.48. The van der Waals surface area contributed by atoms with Crippen molar-refractivity contribution < 1.29 is 18.7 Å². The zero-order valence-electron chi connectivity index (χ0n) is 8.96. The maximum absolute atomic E-state index is 13.6. The standard InChI is InChI=1S/C12H10BrFO3/c13-11-8(6-15)9(14)5-7-1-2-12(10(7)11)16-3-4-17-12/h5-6H,1-4H2. The lowest BCUT2D eigenvalue weighted by molar-refractivity contribution is -0.163. The Balaban J connectivity index is 2.23.